The van der Waals surface area contributed by atoms with Crippen molar-refractivity contribution in [1.82, 2.24) is 5.32 Å². The summed E-state index contributed by atoms with van der Waals surface area (Å²) in [5.41, 5.74) is 1.49. The number of methoxy groups -OCH3 is 1. The van der Waals surface area contributed by atoms with Crippen LogP contribution in [0.25, 0.3) is 6.08 Å². The number of hydrogen-bond acceptors (Lipinski definition) is 3. The average molecular weight is 365 g/mol. The van der Waals surface area contributed by atoms with E-state index in [2.05, 4.69) is 10.1 Å². The van der Waals surface area contributed by atoms with E-state index in [0.717, 1.165) is 11.3 Å². The molecule has 2 aromatic rings. The topological polar surface area (TPSA) is 47.6 Å². The molecule has 0 aliphatic carbocycles. The van der Waals surface area contributed by atoms with Crippen molar-refractivity contribution >= 4 is 12.0 Å². The number of carbonyl (C=O) groups excluding carboxylic acids is 1. The first-order valence-electron chi connectivity index (χ1n) is 7.75. The number of nitrogens with one attached hydrogen (secondary N) is 1. The van der Waals surface area contributed by atoms with E-state index in [1.54, 1.807) is 32.2 Å². The number of amides is 1. The van der Waals surface area contributed by atoms with Gasteiger partial charge in [-0.2, -0.15) is 0 Å². The van der Waals surface area contributed by atoms with Gasteiger partial charge in [-0.3, -0.25) is 4.79 Å². The number of hydrogen-bond donors (Lipinski definition) is 1. The van der Waals surface area contributed by atoms with Gasteiger partial charge in [0.15, 0.2) is 0 Å². The Morgan fingerprint density at radius 1 is 1.04 bits per heavy atom. The summed E-state index contributed by atoms with van der Waals surface area (Å²) in [5, 5.41) is 2.74. The summed E-state index contributed by atoms with van der Waals surface area (Å²) in [7, 11) is 1.57. The monoisotopic (exact) mass is 365 g/mol. The lowest BCUT2D eigenvalue weighted by molar-refractivity contribution is -0.274. The van der Waals surface area contributed by atoms with Gasteiger partial charge in [0.1, 0.15) is 11.5 Å². The Morgan fingerprint density at radius 3 is 2.15 bits per heavy atom. The van der Waals surface area contributed by atoms with Gasteiger partial charge in [-0.15, -0.1) is 13.2 Å². The number of halogens is 3. The van der Waals surface area contributed by atoms with Crippen LogP contribution in [0.5, 0.6) is 11.5 Å². The van der Waals surface area contributed by atoms with Gasteiger partial charge in [0.05, 0.1) is 13.2 Å². The molecule has 1 amide bonds. The number of benzene rings is 2. The highest BCUT2D eigenvalue weighted by Crippen LogP contribution is 2.24. The largest absolute Gasteiger partial charge is 0.573 e. The molecule has 1 unspecified atom stereocenters. The molecular weight excluding hydrogens is 347 g/mol. The molecule has 1 atom stereocenters. The third kappa shape index (κ3) is 6.16. The zero-order chi connectivity index (χ0) is 19.2. The van der Waals surface area contributed by atoms with E-state index in [-0.39, 0.29) is 17.7 Å². The van der Waals surface area contributed by atoms with Crippen molar-refractivity contribution in [3.05, 3.63) is 65.7 Å². The van der Waals surface area contributed by atoms with Gasteiger partial charge < -0.3 is 14.8 Å². The van der Waals surface area contributed by atoms with E-state index in [4.69, 9.17) is 4.74 Å². The van der Waals surface area contributed by atoms with Crippen molar-refractivity contribution in [2.75, 3.05) is 7.11 Å². The molecule has 0 saturated carbocycles. The Bertz CT molecular complexity index is 753. The van der Waals surface area contributed by atoms with Gasteiger partial charge in [0.25, 0.3) is 0 Å². The molecule has 0 aliphatic heterocycles. The zero-order valence-electron chi connectivity index (χ0n) is 14.2. The Labute approximate surface area is 149 Å². The van der Waals surface area contributed by atoms with Crippen LogP contribution in [0.15, 0.2) is 54.6 Å². The Balaban J connectivity index is 1.92. The van der Waals surface area contributed by atoms with Crippen LogP contribution in [0.4, 0.5) is 13.2 Å². The molecule has 2 aromatic carbocycles. The van der Waals surface area contributed by atoms with Crippen LogP contribution in [0, 0.1) is 0 Å². The average Bonchev–Trinajstić information content (AvgIpc) is 2.59. The molecule has 1 N–H and O–H groups in total. The van der Waals surface area contributed by atoms with Crippen LogP contribution in [0.1, 0.15) is 24.1 Å². The first-order chi connectivity index (χ1) is 12.3. The van der Waals surface area contributed by atoms with Gasteiger partial charge in [0.2, 0.25) is 5.91 Å². The van der Waals surface area contributed by atoms with Crippen LogP contribution in [-0.4, -0.2) is 19.4 Å². The fraction of sp³-hybridized carbons (Fsp3) is 0.211. The first kappa shape index (κ1) is 19.4. The maximum Gasteiger partial charge on any atom is 0.573 e. The summed E-state index contributed by atoms with van der Waals surface area (Å²) in [6, 6.07) is 12.2. The Hall–Kier alpha value is -2.96. The van der Waals surface area contributed by atoms with Gasteiger partial charge in [-0.25, -0.2) is 0 Å². The van der Waals surface area contributed by atoms with E-state index < -0.39 is 6.36 Å². The molecule has 0 fully saturated rings. The van der Waals surface area contributed by atoms with Crippen molar-refractivity contribution in [3.63, 3.8) is 0 Å². The molecule has 138 valence electrons. The second kappa shape index (κ2) is 8.42. The second-order valence-corrected chi connectivity index (χ2v) is 5.45. The highest BCUT2D eigenvalue weighted by atomic mass is 19.4. The maximum atomic E-state index is 12.1. The van der Waals surface area contributed by atoms with Crippen molar-refractivity contribution in [3.8, 4) is 11.5 Å². The van der Waals surface area contributed by atoms with Crippen molar-refractivity contribution in [2.24, 2.45) is 0 Å². The standard InChI is InChI=1S/C19H18F3NO3/c1-13(15-6-10-17(11-7-15)26-19(20,21)22)23-18(24)12-5-14-3-8-16(25-2)9-4-14/h3-13H,1-2H3,(H,23,24)/b12-5+. The maximum absolute atomic E-state index is 12.1. The second-order valence-electron chi connectivity index (χ2n) is 5.45. The minimum atomic E-state index is -4.73. The molecule has 4 nitrogen and oxygen atoms in total. The molecule has 26 heavy (non-hydrogen) atoms. The third-order valence-corrected chi connectivity index (χ3v) is 3.52. The molecule has 0 aromatic heterocycles. The lowest BCUT2D eigenvalue weighted by atomic mass is 10.1. The molecule has 0 aliphatic rings. The molecule has 0 spiro atoms. The van der Waals surface area contributed by atoms with Crippen LogP contribution in [0.2, 0.25) is 0 Å². The normalized spacial score (nSPS) is 12.7. The van der Waals surface area contributed by atoms with Gasteiger partial charge in [0, 0.05) is 6.08 Å². The number of carbonyl (C=O) groups is 1. The zero-order valence-corrected chi connectivity index (χ0v) is 14.2. The SMILES string of the molecule is COc1ccc(/C=C/C(=O)NC(C)c2ccc(OC(F)(F)F)cc2)cc1. The van der Waals surface area contributed by atoms with Crippen LogP contribution < -0.4 is 14.8 Å². The molecule has 2 rings (SSSR count). The molecule has 7 heteroatoms. The van der Waals surface area contributed by atoms with E-state index in [0.29, 0.717) is 5.56 Å². The Kier molecular flexibility index (Phi) is 6.27. The lowest BCUT2D eigenvalue weighted by Gasteiger charge is -2.14. The molecular formula is C19H18F3NO3. The van der Waals surface area contributed by atoms with Gasteiger partial charge in [-0.1, -0.05) is 24.3 Å². The van der Waals surface area contributed by atoms with Crippen LogP contribution in [-0.2, 0) is 4.79 Å². The highest BCUT2D eigenvalue weighted by molar-refractivity contribution is 5.91. The van der Waals surface area contributed by atoms with Crippen molar-refractivity contribution in [2.45, 2.75) is 19.3 Å². The van der Waals surface area contributed by atoms with E-state index in [1.165, 1.54) is 30.3 Å². The van der Waals surface area contributed by atoms with Crippen molar-refractivity contribution < 1.29 is 27.4 Å². The van der Waals surface area contributed by atoms with Gasteiger partial charge >= 0.3 is 6.36 Å². The smallest absolute Gasteiger partial charge is 0.497 e. The summed E-state index contributed by atoms with van der Waals surface area (Å²) in [6.07, 6.45) is -1.69. The minimum Gasteiger partial charge on any atom is -0.497 e. The summed E-state index contributed by atoms with van der Waals surface area (Å²) in [6.45, 7) is 1.73. The molecule has 0 saturated heterocycles. The number of ether oxygens (including phenoxy) is 2. The summed E-state index contributed by atoms with van der Waals surface area (Å²) in [4.78, 5) is 12.0. The van der Waals surface area contributed by atoms with Crippen LogP contribution in [0.3, 0.4) is 0 Å². The van der Waals surface area contributed by atoms with Gasteiger partial charge in [-0.05, 0) is 48.4 Å². The fourth-order valence-corrected chi connectivity index (χ4v) is 2.19. The summed E-state index contributed by atoms with van der Waals surface area (Å²) >= 11 is 0. The summed E-state index contributed by atoms with van der Waals surface area (Å²) < 4.78 is 45.3. The van der Waals surface area contributed by atoms with Crippen molar-refractivity contribution in [1.29, 1.82) is 0 Å². The number of rotatable bonds is 6. The molecule has 0 radical (unpaired) electrons. The van der Waals surface area contributed by atoms with Crippen LogP contribution >= 0.6 is 0 Å². The van der Waals surface area contributed by atoms with E-state index in [9.17, 15) is 18.0 Å². The minimum absolute atomic E-state index is 0.306. The molecule has 0 heterocycles. The fourth-order valence-electron chi connectivity index (χ4n) is 2.19. The highest BCUT2D eigenvalue weighted by Gasteiger charge is 2.31. The predicted octanol–water partition coefficient (Wildman–Crippen LogP) is 4.48. The van der Waals surface area contributed by atoms with E-state index >= 15 is 0 Å². The quantitative estimate of drug-likeness (QED) is 0.768. The lowest BCUT2D eigenvalue weighted by Crippen LogP contribution is -2.24. The third-order valence-electron chi connectivity index (χ3n) is 3.52. The predicted molar refractivity (Wildman–Crippen MR) is 91.7 cm³/mol. The number of alkyl halides is 3. The Morgan fingerprint density at radius 2 is 1.62 bits per heavy atom. The van der Waals surface area contributed by atoms with E-state index in [1.807, 2.05) is 12.1 Å². The first-order valence-corrected chi connectivity index (χ1v) is 7.75. The summed E-state index contributed by atoms with van der Waals surface area (Å²) in [5.74, 6) is 0.0984. The molecule has 0 bridgehead atoms.